The largest absolute Gasteiger partial charge is 0.493 e. The number of anilines is 1. The highest BCUT2D eigenvalue weighted by Gasteiger charge is 2.21. The summed E-state index contributed by atoms with van der Waals surface area (Å²) in [7, 11) is 2.97. The number of carbonyl (C=O) groups excluding carboxylic acids is 2. The smallest absolute Gasteiger partial charge is 0.341 e. The number of hydrogen-bond acceptors (Lipinski definition) is 5. The number of halogens is 1. The van der Waals surface area contributed by atoms with Gasteiger partial charge in [-0.15, -0.1) is 0 Å². The molecule has 0 aromatic heterocycles. The minimum Gasteiger partial charge on any atom is -0.493 e. The molecule has 0 saturated heterocycles. The zero-order valence-corrected chi connectivity index (χ0v) is 14.0. The molecule has 2 aromatic carbocycles. The van der Waals surface area contributed by atoms with Crippen molar-refractivity contribution in [1.29, 1.82) is 0 Å². The summed E-state index contributed by atoms with van der Waals surface area (Å²) in [5, 5.41) is 2.59. The summed E-state index contributed by atoms with van der Waals surface area (Å²) in [6.45, 7) is 1.40. The second-order valence-corrected chi connectivity index (χ2v) is 5.09. The molecular weight excluding hydrogens is 329 g/mol. The molecule has 7 heteroatoms. The van der Waals surface area contributed by atoms with Crippen LogP contribution in [0.25, 0.3) is 0 Å². The first-order chi connectivity index (χ1) is 12.0. The fourth-order valence-electron chi connectivity index (χ4n) is 2.06. The topological polar surface area (TPSA) is 73.9 Å². The molecule has 0 spiro atoms. The number of esters is 1. The summed E-state index contributed by atoms with van der Waals surface area (Å²) in [5.41, 5.74) is 0.213. The van der Waals surface area contributed by atoms with E-state index < -0.39 is 23.8 Å². The van der Waals surface area contributed by atoms with Crippen molar-refractivity contribution in [3.8, 4) is 11.5 Å². The second kappa shape index (κ2) is 8.14. The van der Waals surface area contributed by atoms with Gasteiger partial charge in [0.05, 0.1) is 19.8 Å². The van der Waals surface area contributed by atoms with Crippen LogP contribution >= 0.6 is 0 Å². The third-order valence-corrected chi connectivity index (χ3v) is 3.40. The van der Waals surface area contributed by atoms with Crippen LogP contribution in [0.1, 0.15) is 17.3 Å². The van der Waals surface area contributed by atoms with Crippen molar-refractivity contribution in [2.75, 3.05) is 19.5 Å². The average Bonchev–Trinajstić information content (AvgIpc) is 2.61. The summed E-state index contributed by atoms with van der Waals surface area (Å²) in [6, 6.07) is 10.2. The molecule has 1 amide bonds. The van der Waals surface area contributed by atoms with Gasteiger partial charge in [-0.25, -0.2) is 9.18 Å². The van der Waals surface area contributed by atoms with Crippen LogP contribution in [0.2, 0.25) is 0 Å². The number of nitrogens with one attached hydrogen (secondary N) is 1. The molecule has 0 unspecified atom stereocenters. The fourth-order valence-corrected chi connectivity index (χ4v) is 2.06. The van der Waals surface area contributed by atoms with Crippen LogP contribution < -0.4 is 14.8 Å². The van der Waals surface area contributed by atoms with Crippen molar-refractivity contribution < 1.29 is 28.2 Å². The molecule has 0 bridgehead atoms. The molecule has 132 valence electrons. The van der Waals surface area contributed by atoms with Gasteiger partial charge in [0.25, 0.3) is 5.91 Å². The van der Waals surface area contributed by atoms with Gasteiger partial charge in [-0.1, -0.05) is 12.1 Å². The maximum atomic E-state index is 13.6. The number of hydrogen-bond donors (Lipinski definition) is 1. The van der Waals surface area contributed by atoms with Crippen molar-refractivity contribution in [3.63, 3.8) is 0 Å². The lowest BCUT2D eigenvalue weighted by Crippen LogP contribution is -2.30. The third-order valence-electron chi connectivity index (χ3n) is 3.40. The van der Waals surface area contributed by atoms with Gasteiger partial charge in [-0.05, 0) is 31.2 Å². The fraction of sp³-hybridized carbons (Fsp3) is 0.222. The van der Waals surface area contributed by atoms with E-state index in [-0.39, 0.29) is 5.56 Å². The first-order valence-electron chi connectivity index (χ1n) is 7.44. The Morgan fingerprint density at radius 2 is 1.72 bits per heavy atom. The molecule has 0 aliphatic heterocycles. The molecule has 6 nitrogen and oxygen atoms in total. The van der Waals surface area contributed by atoms with Gasteiger partial charge >= 0.3 is 5.97 Å². The minimum absolute atomic E-state index is 0.228. The predicted molar refractivity (Wildman–Crippen MR) is 89.5 cm³/mol. The monoisotopic (exact) mass is 347 g/mol. The highest BCUT2D eigenvalue weighted by molar-refractivity contribution is 5.97. The van der Waals surface area contributed by atoms with E-state index in [1.54, 1.807) is 18.2 Å². The van der Waals surface area contributed by atoms with Crippen LogP contribution in [-0.2, 0) is 9.53 Å². The second-order valence-electron chi connectivity index (χ2n) is 5.09. The SMILES string of the molecule is COc1ccc(NC(=O)[C@@H](C)OC(=O)c2ccccc2F)cc1OC. The predicted octanol–water partition coefficient (Wildman–Crippen LogP) is 3.03. The Kier molecular flexibility index (Phi) is 5.94. The van der Waals surface area contributed by atoms with Crippen molar-refractivity contribution in [1.82, 2.24) is 0 Å². The highest BCUT2D eigenvalue weighted by Crippen LogP contribution is 2.29. The zero-order chi connectivity index (χ0) is 18.4. The molecule has 1 N–H and O–H groups in total. The maximum absolute atomic E-state index is 13.6. The van der Waals surface area contributed by atoms with Gasteiger partial charge in [0.15, 0.2) is 17.6 Å². The van der Waals surface area contributed by atoms with E-state index in [0.717, 1.165) is 6.07 Å². The summed E-state index contributed by atoms with van der Waals surface area (Å²) in [5.74, 6) is -1.22. The number of rotatable bonds is 6. The Bertz CT molecular complexity index is 778. The van der Waals surface area contributed by atoms with Crippen LogP contribution in [0, 0.1) is 5.82 Å². The molecule has 0 radical (unpaired) electrons. The molecule has 0 aliphatic carbocycles. The van der Waals surface area contributed by atoms with Crippen molar-refractivity contribution in [3.05, 3.63) is 53.8 Å². The number of benzene rings is 2. The van der Waals surface area contributed by atoms with E-state index in [0.29, 0.717) is 17.2 Å². The van der Waals surface area contributed by atoms with Crippen molar-refractivity contribution >= 4 is 17.6 Å². The van der Waals surface area contributed by atoms with E-state index in [9.17, 15) is 14.0 Å². The first kappa shape index (κ1) is 18.3. The summed E-state index contributed by atoms with van der Waals surface area (Å²) in [6.07, 6.45) is -1.11. The van der Waals surface area contributed by atoms with Gasteiger partial charge in [0.2, 0.25) is 0 Å². The van der Waals surface area contributed by atoms with Crippen LogP contribution in [0.3, 0.4) is 0 Å². The summed E-state index contributed by atoms with van der Waals surface area (Å²) in [4.78, 5) is 24.1. The Morgan fingerprint density at radius 1 is 1.04 bits per heavy atom. The molecule has 0 heterocycles. The quantitative estimate of drug-likeness (QED) is 0.813. The Balaban J connectivity index is 2.03. The lowest BCUT2D eigenvalue weighted by Gasteiger charge is -2.15. The summed E-state index contributed by atoms with van der Waals surface area (Å²) < 4.78 is 28.8. The van der Waals surface area contributed by atoms with Crippen LogP contribution in [0.4, 0.5) is 10.1 Å². The average molecular weight is 347 g/mol. The first-order valence-corrected chi connectivity index (χ1v) is 7.44. The van der Waals surface area contributed by atoms with E-state index in [1.807, 2.05) is 0 Å². The van der Waals surface area contributed by atoms with E-state index >= 15 is 0 Å². The molecule has 0 aliphatic rings. The van der Waals surface area contributed by atoms with Crippen molar-refractivity contribution in [2.45, 2.75) is 13.0 Å². The minimum atomic E-state index is -1.11. The van der Waals surface area contributed by atoms with Crippen LogP contribution in [0.5, 0.6) is 11.5 Å². The molecule has 2 rings (SSSR count). The van der Waals surface area contributed by atoms with Gasteiger partial charge in [0.1, 0.15) is 5.82 Å². The maximum Gasteiger partial charge on any atom is 0.341 e. The Hall–Kier alpha value is -3.09. The Labute approximate surface area is 144 Å². The number of ether oxygens (including phenoxy) is 3. The van der Waals surface area contributed by atoms with Gasteiger partial charge in [0, 0.05) is 11.8 Å². The molecule has 2 aromatic rings. The highest BCUT2D eigenvalue weighted by atomic mass is 19.1. The van der Waals surface area contributed by atoms with Crippen LogP contribution in [-0.4, -0.2) is 32.2 Å². The molecule has 25 heavy (non-hydrogen) atoms. The van der Waals surface area contributed by atoms with E-state index in [4.69, 9.17) is 14.2 Å². The number of amides is 1. The van der Waals surface area contributed by atoms with E-state index in [2.05, 4.69) is 5.32 Å². The third kappa shape index (κ3) is 4.47. The molecule has 0 fully saturated rings. The van der Waals surface area contributed by atoms with E-state index in [1.165, 1.54) is 39.3 Å². The van der Waals surface area contributed by atoms with Crippen molar-refractivity contribution in [2.24, 2.45) is 0 Å². The van der Waals surface area contributed by atoms with Gasteiger partial charge in [-0.2, -0.15) is 0 Å². The number of carbonyl (C=O) groups is 2. The molecular formula is C18H18FNO5. The van der Waals surface area contributed by atoms with Gasteiger partial charge < -0.3 is 19.5 Å². The molecule has 0 saturated carbocycles. The lowest BCUT2D eigenvalue weighted by molar-refractivity contribution is -0.123. The Morgan fingerprint density at radius 3 is 2.36 bits per heavy atom. The normalized spacial score (nSPS) is 11.4. The summed E-state index contributed by atoms with van der Waals surface area (Å²) >= 11 is 0. The molecule has 1 atom stereocenters. The lowest BCUT2D eigenvalue weighted by atomic mass is 10.2. The standard InChI is InChI=1S/C18H18FNO5/c1-11(25-18(22)13-6-4-5-7-14(13)19)17(21)20-12-8-9-15(23-2)16(10-12)24-3/h4-11H,1-3H3,(H,20,21)/t11-/m1/s1. The number of methoxy groups -OCH3 is 2. The zero-order valence-electron chi connectivity index (χ0n) is 14.0. The van der Waals surface area contributed by atoms with Crippen LogP contribution in [0.15, 0.2) is 42.5 Å². The van der Waals surface area contributed by atoms with Gasteiger partial charge in [-0.3, -0.25) is 4.79 Å².